The molecule has 0 amide bonds. The summed E-state index contributed by atoms with van der Waals surface area (Å²) in [6.07, 6.45) is -18.4. The van der Waals surface area contributed by atoms with E-state index in [1.165, 1.54) is 0 Å². The van der Waals surface area contributed by atoms with E-state index in [1.807, 2.05) is 0 Å². The Hall–Kier alpha value is 0.620. The molecule has 41 heavy (non-hydrogen) atoms. The van der Waals surface area contributed by atoms with E-state index >= 15 is 0 Å². The molecule has 2 aliphatic rings. The lowest BCUT2D eigenvalue weighted by molar-refractivity contribution is -0.202. The summed E-state index contributed by atoms with van der Waals surface area (Å²) >= 11 is 0. The predicted molar refractivity (Wildman–Crippen MR) is 122 cm³/mol. The van der Waals surface area contributed by atoms with E-state index in [1.54, 1.807) is 4.90 Å². The maximum Gasteiger partial charge on any atom is 0.472 e. The number of phosphoric ester groups is 6. The van der Waals surface area contributed by atoms with Gasteiger partial charge in [-0.1, -0.05) is 0 Å². The number of nitrogens with zero attached hydrogens (tertiary/aromatic N) is 1. The largest absolute Gasteiger partial charge is 0.472 e. The van der Waals surface area contributed by atoms with E-state index in [2.05, 4.69) is 31.7 Å². The van der Waals surface area contributed by atoms with Crippen LogP contribution in [-0.4, -0.2) is 122 Å². The van der Waals surface area contributed by atoms with E-state index in [4.69, 9.17) is 0 Å². The highest BCUT2D eigenvalue weighted by Gasteiger charge is 2.62. The third kappa shape index (κ3) is 14.5. The van der Waals surface area contributed by atoms with Gasteiger partial charge in [-0.3, -0.25) is 36.6 Å². The van der Waals surface area contributed by atoms with Crippen LogP contribution in [0, 0.1) is 0 Å². The van der Waals surface area contributed by atoms with Crippen molar-refractivity contribution in [1.29, 1.82) is 0 Å². The highest BCUT2D eigenvalue weighted by molar-refractivity contribution is 7.48. The van der Waals surface area contributed by atoms with Crippen molar-refractivity contribution in [2.45, 2.75) is 36.6 Å². The molecule has 31 heteroatoms. The zero-order valence-corrected chi connectivity index (χ0v) is 25.0. The lowest BCUT2D eigenvalue weighted by Gasteiger charge is -2.48. The minimum atomic E-state index is -6.01. The highest BCUT2D eigenvalue weighted by Crippen LogP contribution is 2.58. The smallest absolute Gasteiger partial charge is 0.303 e. The van der Waals surface area contributed by atoms with E-state index in [0.29, 0.717) is 13.1 Å². The fourth-order valence-corrected chi connectivity index (χ4v) is 7.10. The number of hydrogen-bond acceptors (Lipinski definition) is 14. The molecule has 2 rings (SSSR count). The van der Waals surface area contributed by atoms with Crippen LogP contribution >= 0.6 is 46.9 Å². The first-order valence-corrected chi connectivity index (χ1v) is 19.4. The van der Waals surface area contributed by atoms with Gasteiger partial charge in [0.25, 0.3) is 0 Å². The maximum atomic E-state index is 12.6. The fourth-order valence-electron chi connectivity index (χ4n) is 3.40. The number of hydrogen-bond donors (Lipinski definition) is 11. The molecule has 0 aromatic rings. The van der Waals surface area contributed by atoms with Crippen molar-refractivity contribution in [2.75, 3.05) is 26.2 Å². The first-order valence-electron chi connectivity index (χ1n) is 10.2. The standard InChI is InChI=1S/C10H25NO24P6/c12-36(13,14)30-5-6(31-37(15,16)17)8(33-39(21,22)23)10(35-41(27,28)29-4-3-11-1-2-11)9(34-40(24,25)26)7(5)32-38(18,19)20/h5-10H,1-4H2,(H,27,28)(H2,12,13,14)(H2,15,16,17)(H2,18,19,20)(H2,21,22,23)(H2,24,25,26)/t5?,6-,7+,8-,9-,10?/m0/s1. The Morgan fingerprint density at radius 1 is 0.463 bits per heavy atom. The normalized spacial score (nSPS) is 30.2. The molecule has 0 spiro atoms. The highest BCUT2D eigenvalue weighted by atomic mass is 31.2. The summed E-state index contributed by atoms with van der Waals surface area (Å²) in [7, 11) is -35.6. The average Bonchev–Trinajstić information content (AvgIpc) is 3.49. The van der Waals surface area contributed by atoms with Crippen molar-refractivity contribution < 1.29 is 113 Å². The van der Waals surface area contributed by atoms with Crippen LogP contribution in [0.2, 0.25) is 0 Å². The summed E-state index contributed by atoms with van der Waals surface area (Å²) in [6.45, 7) is 0.560. The van der Waals surface area contributed by atoms with Gasteiger partial charge < -0.3 is 53.8 Å². The summed E-state index contributed by atoms with van der Waals surface area (Å²) in [5.74, 6) is 0. The molecule has 0 bridgehead atoms. The van der Waals surface area contributed by atoms with Crippen LogP contribution in [0.1, 0.15) is 0 Å². The Morgan fingerprint density at radius 2 is 0.707 bits per heavy atom. The third-order valence-electron chi connectivity index (χ3n) is 4.69. The molecule has 1 saturated heterocycles. The van der Waals surface area contributed by atoms with Gasteiger partial charge in [0.1, 0.15) is 36.6 Å². The minimum absolute atomic E-state index is 0.00941. The van der Waals surface area contributed by atoms with Gasteiger partial charge in [0.05, 0.1) is 6.61 Å². The van der Waals surface area contributed by atoms with Gasteiger partial charge in [0, 0.05) is 19.6 Å². The Balaban J connectivity index is 2.77. The van der Waals surface area contributed by atoms with Crippen molar-refractivity contribution in [3.05, 3.63) is 0 Å². The van der Waals surface area contributed by atoms with E-state index in [-0.39, 0.29) is 6.54 Å². The summed E-state index contributed by atoms with van der Waals surface area (Å²) in [5.41, 5.74) is 0. The summed E-state index contributed by atoms with van der Waals surface area (Å²) in [4.78, 5) is 105. The molecule has 2 fully saturated rings. The molecular weight excluding hydrogens is 704 g/mol. The monoisotopic (exact) mass is 729 g/mol. The Labute approximate surface area is 228 Å². The molecule has 1 heterocycles. The second-order valence-corrected chi connectivity index (χ2v) is 15.4. The average molecular weight is 729 g/mol. The Morgan fingerprint density at radius 3 is 0.927 bits per heavy atom. The van der Waals surface area contributed by atoms with Gasteiger partial charge in [0.15, 0.2) is 0 Å². The molecule has 3 unspecified atom stereocenters. The topological polar surface area (TPSA) is 393 Å². The van der Waals surface area contributed by atoms with Gasteiger partial charge >= 0.3 is 46.9 Å². The molecule has 0 aromatic carbocycles. The molecule has 7 atom stereocenters. The fraction of sp³-hybridized carbons (Fsp3) is 1.00. The van der Waals surface area contributed by atoms with Gasteiger partial charge in [-0.2, -0.15) is 0 Å². The molecule has 25 nitrogen and oxygen atoms in total. The van der Waals surface area contributed by atoms with Crippen LogP contribution in [0.4, 0.5) is 0 Å². The van der Waals surface area contributed by atoms with Crippen LogP contribution in [0.25, 0.3) is 0 Å². The SMILES string of the molecule is O=P(O)(O)OC1[C@@H](OP(=O)(O)O)[C@H](OP(=O)(O)O)C(OP(=O)(O)OCCN2CC2)[C@@H](OP(=O)(O)O)[C@H]1OP(=O)(O)O. The van der Waals surface area contributed by atoms with Gasteiger partial charge in [-0.25, -0.2) is 27.4 Å². The van der Waals surface area contributed by atoms with Crippen LogP contribution in [0.5, 0.6) is 0 Å². The van der Waals surface area contributed by atoms with E-state index < -0.39 is 90.2 Å². The van der Waals surface area contributed by atoms with E-state index in [9.17, 15) is 81.2 Å². The van der Waals surface area contributed by atoms with Crippen molar-refractivity contribution in [2.24, 2.45) is 0 Å². The van der Waals surface area contributed by atoms with Gasteiger partial charge in [0.2, 0.25) is 0 Å². The van der Waals surface area contributed by atoms with Crippen LogP contribution in [-0.2, 0) is 59.1 Å². The maximum absolute atomic E-state index is 12.6. The molecule has 0 aromatic heterocycles. The number of rotatable bonds is 16. The van der Waals surface area contributed by atoms with Crippen molar-refractivity contribution in [3.63, 3.8) is 0 Å². The van der Waals surface area contributed by atoms with Crippen molar-refractivity contribution >= 4 is 46.9 Å². The summed E-state index contributed by atoms with van der Waals surface area (Å²) in [5, 5.41) is 0. The van der Waals surface area contributed by atoms with Crippen LogP contribution < -0.4 is 0 Å². The quantitative estimate of drug-likeness (QED) is 0.0564. The minimum Gasteiger partial charge on any atom is -0.303 e. The second-order valence-electron chi connectivity index (χ2n) is 8.02. The van der Waals surface area contributed by atoms with Crippen LogP contribution in [0.3, 0.4) is 0 Å². The predicted octanol–water partition coefficient (Wildman–Crippen LogP) is -2.79. The zero-order chi connectivity index (χ0) is 31.8. The second kappa shape index (κ2) is 13.5. The van der Waals surface area contributed by atoms with Crippen molar-refractivity contribution in [1.82, 2.24) is 4.90 Å². The van der Waals surface area contributed by atoms with E-state index in [0.717, 1.165) is 0 Å². The molecule has 1 aliphatic heterocycles. The Kier molecular flexibility index (Phi) is 12.5. The first-order chi connectivity index (χ1) is 18.1. The first kappa shape index (κ1) is 37.8. The Bertz CT molecular complexity index is 1130. The summed E-state index contributed by atoms with van der Waals surface area (Å²) < 4.78 is 102. The van der Waals surface area contributed by atoms with Gasteiger partial charge in [-0.15, -0.1) is 0 Å². The van der Waals surface area contributed by atoms with Gasteiger partial charge in [-0.05, 0) is 0 Å². The molecule has 0 radical (unpaired) electrons. The molecule has 244 valence electrons. The molecule has 1 aliphatic carbocycles. The zero-order valence-electron chi connectivity index (χ0n) is 19.6. The molecule has 1 saturated carbocycles. The lowest BCUT2D eigenvalue weighted by Crippen LogP contribution is -2.66. The number of phosphoric acid groups is 6. The third-order valence-corrected chi connectivity index (χ3v) is 8.30. The van der Waals surface area contributed by atoms with Crippen molar-refractivity contribution in [3.8, 4) is 0 Å². The summed E-state index contributed by atoms with van der Waals surface area (Å²) in [6, 6.07) is 0. The lowest BCUT2D eigenvalue weighted by atomic mass is 9.85. The van der Waals surface area contributed by atoms with Crippen LogP contribution in [0.15, 0.2) is 0 Å². The molecule has 11 N–H and O–H groups in total. The molecular formula is C10H25NO24P6.